The van der Waals surface area contributed by atoms with E-state index in [1.807, 2.05) is 0 Å². The van der Waals surface area contributed by atoms with E-state index >= 15 is 0 Å². The van der Waals surface area contributed by atoms with Crippen molar-refractivity contribution in [2.75, 3.05) is 13.2 Å². The summed E-state index contributed by atoms with van der Waals surface area (Å²) in [4.78, 5) is 68.5. The van der Waals surface area contributed by atoms with Crippen molar-refractivity contribution in [3.63, 3.8) is 0 Å². The van der Waals surface area contributed by atoms with Crippen LogP contribution < -0.4 is 5.32 Å². The van der Waals surface area contributed by atoms with Gasteiger partial charge in [-0.15, -0.1) is 0 Å². The van der Waals surface area contributed by atoms with Crippen LogP contribution in [0.5, 0.6) is 0 Å². The Morgan fingerprint density at radius 1 is 0.983 bits per heavy atom. The Morgan fingerprint density at radius 3 is 2.15 bits per heavy atom. The lowest BCUT2D eigenvalue weighted by Gasteiger charge is -2.67. The summed E-state index contributed by atoms with van der Waals surface area (Å²) >= 11 is 0. The molecule has 0 aromatic heterocycles. The van der Waals surface area contributed by atoms with Crippen molar-refractivity contribution in [1.29, 1.82) is 0 Å². The number of rotatable bonds is 9. The van der Waals surface area contributed by atoms with Gasteiger partial charge in [0.1, 0.15) is 29.5 Å². The molecule has 1 heterocycles. The fourth-order valence-electron chi connectivity index (χ4n) is 9.81. The van der Waals surface area contributed by atoms with Crippen molar-refractivity contribution in [1.82, 2.24) is 5.32 Å². The Bertz CT molecular complexity index is 1990. The molecule has 59 heavy (non-hydrogen) atoms. The van der Waals surface area contributed by atoms with Gasteiger partial charge in [0.15, 0.2) is 17.5 Å². The van der Waals surface area contributed by atoms with Crippen LogP contribution in [0.4, 0.5) is 4.79 Å². The molecule has 0 spiro atoms. The van der Waals surface area contributed by atoms with Gasteiger partial charge >= 0.3 is 24.0 Å². The summed E-state index contributed by atoms with van der Waals surface area (Å²) in [5.41, 5.74) is -7.38. The third-order valence-corrected chi connectivity index (χ3v) is 12.9. The molecular weight excluding hydrogens is 766 g/mol. The van der Waals surface area contributed by atoms with Crippen LogP contribution in [0, 0.1) is 22.7 Å². The zero-order chi connectivity index (χ0) is 43.5. The Labute approximate surface area is 343 Å². The van der Waals surface area contributed by atoms with Gasteiger partial charge < -0.3 is 49.4 Å². The Hall–Kier alpha value is -4.67. The van der Waals surface area contributed by atoms with E-state index < -0.39 is 112 Å². The fraction of sp³-hybridized carbons (Fsp3) is 0.568. The minimum atomic E-state index is -2.22. The second-order valence-corrected chi connectivity index (χ2v) is 18.0. The molecule has 3 aliphatic carbocycles. The topological polar surface area (TPSA) is 224 Å². The highest BCUT2D eigenvalue weighted by atomic mass is 16.6. The van der Waals surface area contributed by atoms with E-state index in [4.69, 9.17) is 23.7 Å². The normalized spacial score (nSPS) is 33.3. The summed E-state index contributed by atoms with van der Waals surface area (Å²) in [6.07, 6.45) is -9.39. The van der Waals surface area contributed by atoms with Crippen molar-refractivity contribution in [2.45, 2.75) is 122 Å². The van der Waals surface area contributed by atoms with Crippen molar-refractivity contribution >= 4 is 29.8 Å². The molecule has 1 saturated heterocycles. The van der Waals surface area contributed by atoms with Gasteiger partial charge in [-0.2, -0.15) is 0 Å². The van der Waals surface area contributed by atoms with Crippen molar-refractivity contribution < 1.29 is 68.1 Å². The summed E-state index contributed by atoms with van der Waals surface area (Å²) in [5.74, 6) is -6.04. The third kappa shape index (κ3) is 7.56. The van der Waals surface area contributed by atoms with Crippen LogP contribution in [-0.4, -0.2) is 111 Å². The van der Waals surface area contributed by atoms with Crippen LogP contribution in [0.2, 0.25) is 0 Å². The number of alkyl carbamates (subject to hydrolysis) is 1. The van der Waals surface area contributed by atoms with Gasteiger partial charge in [-0.05, 0) is 64.3 Å². The number of Topliss-reactive ketones (excluding diaryl/α,β-unsaturated/α-hetero) is 1. The molecule has 0 unspecified atom stereocenters. The molecule has 0 radical (unpaired) electrons. The number of ketones is 1. The second-order valence-electron chi connectivity index (χ2n) is 18.0. The maximum atomic E-state index is 14.9. The first kappa shape index (κ1) is 43.9. The lowest BCUT2D eigenvalue weighted by molar-refractivity contribution is -0.345. The van der Waals surface area contributed by atoms with Gasteiger partial charge in [0.2, 0.25) is 0 Å². The quantitative estimate of drug-likeness (QED) is 0.139. The number of carbonyl (C=O) groups excluding carboxylic acids is 5. The lowest BCUT2D eigenvalue weighted by Crippen LogP contribution is -2.81. The maximum absolute atomic E-state index is 14.9. The summed E-state index contributed by atoms with van der Waals surface area (Å²) in [7, 11) is 0. The number of hydrogen-bond acceptors (Lipinski definition) is 14. The first-order chi connectivity index (χ1) is 27.5. The Morgan fingerprint density at radius 2 is 1.59 bits per heavy atom. The molecule has 6 rings (SSSR count). The van der Waals surface area contributed by atoms with Crippen LogP contribution in [0.3, 0.4) is 0 Å². The van der Waals surface area contributed by atoms with E-state index in [1.54, 1.807) is 90.1 Å². The lowest BCUT2D eigenvalue weighted by atomic mass is 9.44. The van der Waals surface area contributed by atoms with Crippen LogP contribution >= 0.6 is 0 Å². The van der Waals surface area contributed by atoms with Crippen LogP contribution in [0.15, 0.2) is 71.8 Å². The predicted molar refractivity (Wildman–Crippen MR) is 208 cm³/mol. The third-order valence-electron chi connectivity index (χ3n) is 12.9. The van der Waals surface area contributed by atoms with Crippen molar-refractivity contribution in [3.8, 4) is 0 Å². The number of amides is 1. The molecule has 2 saturated carbocycles. The van der Waals surface area contributed by atoms with Gasteiger partial charge in [-0.1, -0.05) is 68.0 Å². The highest BCUT2D eigenvalue weighted by Gasteiger charge is 2.77. The number of ether oxygens (including phenoxy) is 5. The second kappa shape index (κ2) is 15.7. The summed E-state index contributed by atoms with van der Waals surface area (Å²) in [5, 5.41) is 51.4. The van der Waals surface area contributed by atoms with Crippen molar-refractivity contribution in [2.24, 2.45) is 22.7 Å². The zero-order valence-corrected chi connectivity index (χ0v) is 34.6. The SMILES string of the molecule is CC(=O)O[C@@]12CO[C@@H]1C[C@H](O)[C@@]1(C)C(=O)[C@H](O)C3=C(C)[C@@H](COC(=O)[C@H](O)[C@@H](NC(=O)OC(C)(C)C)c4ccccc4)C[C@@](O)([C@@H](OC(=O)c4ccccc4)[C@H]21)C3(C)C. The van der Waals surface area contributed by atoms with Crippen LogP contribution in [0.1, 0.15) is 90.2 Å². The molecule has 2 aromatic rings. The monoisotopic (exact) mass is 821 g/mol. The number of fused-ring (bicyclic) bond motifs is 5. The fourth-order valence-corrected chi connectivity index (χ4v) is 9.81. The molecular formula is C44H55NO14. The summed E-state index contributed by atoms with van der Waals surface area (Å²) < 4.78 is 29.3. The van der Waals surface area contributed by atoms with Gasteiger partial charge in [0, 0.05) is 24.7 Å². The zero-order valence-electron chi connectivity index (χ0n) is 34.6. The molecule has 320 valence electrons. The smallest absolute Gasteiger partial charge is 0.408 e. The molecule has 4 aliphatic rings. The van der Waals surface area contributed by atoms with Gasteiger partial charge in [-0.3, -0.25) is 9.59 Å². The average molecular weight is 822 g/mol. The van der Waals surface area contributed by atoms with E-state index in [0.29, 0.717) is 11.1 Å². The van der Waals surface area contributed by atoms with Crippen LogP contribution in [-0.2, 0) is 38.1 Å². The summed E-state index contributed by atoms with van der Waals surface area (Å²) in [6.45, 7) is 11.6. The standard InChI is InChI=1S/C44H55NO14/c1-23-27(21-55-38(52)33(49)31(25-15-11-9-12-16-25)45-39(53)59-40(3,4)5)20-44(54)36(57-37(51)26-17-13-10-14-18-26)34-42(8,35(50)32(48)30(23)41(44,6)7)28(47)19-29-43(34,22-56-29)58-24(2)46/h9-18,27-29,31-34,36,47-49,54H,19-22H2,1-8H3,(H,45,53)/t27-,28+,29-,31+,32-,33-,34+,36+,42-,43+,44-/m1/s1. The highest BCUT2D eigenvalue weighted by Crippen LogP contribution is 2.64. The van der Waals surface area contributed by atoms with Gasteiger partial charge in [0.25, 0.3) is 0 Å². The largest absolute Gasteiger partial charge is 0.463 e. The molecule has 15 nitrogen and oxygen atoms in total. The number of hydrogen-bond donors (Lipinski definition) is 5. The highest BCUT2D eigenvalue weighted by molar-refractivity contribution is 5.94. The molecule has 3 fully saturated rings. The van der Waals surface area contributed by atoms with E-state index in [0.717, 1.165) is 0 Å². The molecule has 11 atom stereocenters. The minimum absolute atomic E-state index is 0.0627. The molecule has 2 bridgehead atoms. The number of aliphatic hydroxyl groups excluding tert-OH is 3. The molecule has 5 N–H and O–H groups in total. The van der Waals surface area contributed by atoms with E-state index in [1.165, 1.54) is 26.0 Å². The van der Waals surface area contributed by atoms with Crippen LogP contribution in [0.25, 0.3) is 0 Å². The van der Waals surface area contributed by atoms with E-state index in [2.05, 4.69) is 5.32 Å². The molecule has 2 aromatic carbocycles. The van der Waals surface area contributed by atoms with E-state index in [9.17, 15) is 44.4 Å². The van der Waals surface area contributed by atoms with Gasteiger partial charge in [-0.25, -0.2) is 14.4 Å². The average Bonchev–Trinajstić information content (AvgIpc) is 3.16. The number of nitrogens with one attached hydrogen (secondary N) is 1. The minimum Gasteiger partial charge on any atom is -0.463 e. The number of esters is 3. The predicted octanol–water partition coefficient (Wildman–Crippen LogP) is 3.51. The van der Waals surface area contributed by atoms with Crippen molar-refractivity contribution in [3.05, 3.63) is 82.9 Å². The number of benzene rings is 2. The Balaban J connectivity index is 1.43. The molecule has 1 amide bonds. The maximum Gasteiger partial charge on any atom is 0.408 e. The first-order valence-electron chi connectivity index (χ1n) is 19.8. The first-order valence-corrected chi connectivity index (χ1v) is 19.8. The van der Waals surface area contributed by atoms with Gasteiger partial charge in [0.05, 0.1) is 42.3 Å². The molecule has 1 aliphatic heterocycles. The number of carbonyl (C=O) groups is 5. The Kier molecular flexibility index (Phi) is 11.7. The summed E-state index contributed by atoms with van der Waals surface area (Å²) in [6, 6.07) is 14.9. The molecule has 15 heteroatoms. The van der Waals surface area contributed by atoms with E-state index in [-0.39, 0.29) is 30.6 Å². The number of aliphatic hydroxyl groups is 4.